The van der Waals surface area contributed by atoms with E-state index >= 15 is 0 Å². The van der Waals surface area contributed by atoms with Crippen molar-refractivity contribution in [2.24, 2.45) is 0 Å². The lowest BCUT2D eigenvalue weighted by Crippen LogP contribution is -2.32. The van der Waals surface area contributed by atoms with E-state index in [1.165, 1.54) is 6.92 Å². The van der Waals surface area contributed by atoms with Gasteiger partial charge in [-0.25, -0.2) is 0 Å². The Labute approximate surface area is 82.3 Å². The molecule has 2 saturated heterocycles. The Morgan fingerprint density at radius 2 is 2.14 bits per heavy atom. The first kappa shape index (κ1) is 9.89. The lowest BCUT2D eigenvalue weighted by Gasteiger charge is -2.21. The molecule has 5 heteroatoms. The summed E-state index contributed by atoms with van der Waals surface area (Å²) in [4.78, 5) is 10.8. The number of esters is 1. The number of carbonyl (C=O) groups is 1. The van der Waals surface area contributed by atoms with Crippen molar-refractivity contribution in [3.8, 4) is 0 Å². The maximum absolute atomic E-state index is 10.8. The standard InChI is InChI=1S/C9H14O5/c1-5(10)12-8-7-6(4-11-8)13-9(2,3)14-7/h6-8H,4H2,1-3H3/t6-,7+,8-/m0/s1. The molecular weight excluding hydrogens is 188 g/mol. The van der Waals surface area contributed by atoms with Crippen LogP contribution in [0.3, 0.4) is 0 Å². The van der Waals surface area contributed by atoms with Gasteiger partial charge in [0.25, 0.3) is 0 Å². The fourth-order valence-electron chi connectivity index (χ4n) is 1.77. The van der Waals surface area contributed by atoms with Crippen LogP contribution in [0, 0.1) is 0 Å². The minimum Gasteiger partial charge on any atom is -0.433 e. The monoisotopic (exact) mass is 202 g/mol. The van der Waals surface area contributed by atoms with Crippen LogP contribution in [-0.2, 0) is 23.7 Å². The first-order valence-corrected chi connectivity index (χ1v) is 4.62. The van der Waals surface area contributed by atoms with Crippen molar-refractivity contribution in [3.63, 3.8) is 0 Å². The molecule has 0 bridgehead atoms. The maximum atomic E-state index is 10.8. The lowest BCUT2D eigenvalue weighted by atomic mass is 10.2. The lowest BCUT2D eigenvalue weighted by molar-refractivity contribution is -0.218. The molecule has 0 amide bonds. The van der Waals surface area contributed by atoms with Gasteiger partial charge < -0.3 is 18.9 Å². The van der Waals surface area contributed by atoms with Gasteiger partial charge in [0.05, 0.1) is 6.61 Å². The van der Waals surface area contributed by atoms with Crippen molar-refractivity contribution in [2.75, 3.05) is 6.61 Å². The second kappa shape index (κ2) is 3.18. The number of hydrogen-bond donors (Lipinski definition) is 0. The van der Waals surface area contributed by atoms with E-state index in [4.69, 9.17) is 18.9 Å². The van der Waals surface area contributed by atoms with Crippen LogP contribution in [0.4, 0.5) is 0 Å². The average Bonchev–Trinajstić information content (AvgIpc) is 2.47. The molecule has 2 rings (SSSR count). The van der Waals surface area contributed by atoms with E-state index in [1.807, 2.05) is 13.8 Å². The Morgan fingerprint density at radius 3 is 2.79 bits per heavy atom. The molecule has 0 aromatic carbocycles. The Balaban J connectivity index is 2.01. The summed E-state index contributed by atoms with van der Waals surface area (Å²) in [5.41, 5.74) is 0. The number of ether oxygens (including phenoxy) is 4. The molecule has 2 heterocycles. The zero-order chi connectivity index (χ0) is 10.3. The molecule has 3 atom stereocenters. The molecular formula is C9H14O5. The van der Waals surface area contributed by atoms with E-state index in [1.54, 1.807) is 0 Å². The molecule has 2 fully saturated rings. The normalized spacial score (nSPS) is 39.5. The van der Waals surface area contributed by atoms with Crippen molar-refractivity contribution in [1.29, 1.82) is 0 Å². The average molecular weight is 202 g/mol. The van der Waals surface area contributed by atoms with Gasteiger partial charge >= 0.3 is 5.97 Å². The molecule has 0 spiro atoms. The number of rotatable bonds is 1. The highest BCUT2D eigenvalue weighted by Crippen LogP contribution is 2.35. The Kier molecular flexibility index (Phi) is 2.25. The van der Waals surface area contributed by atoms with E-state index in [9.17, 15) is 4.79 Å². The van der Waals surface area contributed by atoms with E-state index in [0.29, 0.717) is 6.61 Å². The first-order chi connectivity index (χ1) is 6.48. The summed E-state index contributed by atoms with van der Waals surface area (Å²) >= 11 is 0. The quantitative estimate of drug-likeness (QED) is 0.577. The molecule has 0 unspecified atom stereocenters. The van der Waals surface area contributed by atoms with Crippen molar-refractivity contribution in [3.05, 3.63) is 0 Å². The van der Waals surface area contributed by atoms with Gasteiger partial charge in [-0.05, 0) is 13.8 Å². The molecule has 0 N–H and O–H groups in total. The van der Waals surface area contributed by atoms with Gasteiger partial charge in [-0.3, -0.25) is 4.79 Å². The number of fused-ring (bicyclic) bond motifs is 1. The van der Waals surface area contributed by atoms with Crippen LogP contribution in [-0.4, -0.2) is 36.9 Å². The molecule has 0 aromatic heterocycles. The van der Waals surface area contributed by atoms with E-state index in [2.05, 4.69) is 0 Å². The molecule has 0 aromatic rings. The fourth-order valence-corrected chi connectivity index (χ4v) is 1.77. The SMILES string of the molecule is CC(=O)O[C@@H]1OC[C@@H]2OC(C)(C)O[C@@H]12. The molecule has 80 valence electrons. The van der Waals surface area contributed by atoms with Crippen LogP contribution in [0.2, 0.25) is 0 Å². The van der Waals surface area contributed by atoms with Crippen LogP contribution in [0.25, 0.3) is 0 Å². The van der Waals surface area contributed by atoms with Gasteiger partial charge in [0.15, 0.2) is 11.9 Å². The predicted octanol–water partition coefficient (Wildman–Crippen LogP) is 0.426. The van der Waals surface area contributed by atoms with Crippen molar-refractivity contribution < 1.29 is 23.7 Å². The fraction of sp³-hybridized carbons (Fsp3) is 0.889. The third-order valence-corrected chi connectivity index (χ3v) is 2.20. The minimum atomic E-state index is -0.626. The highest BCUT2D eigenvalue weighted by molar-refractivity contribution is 5.66. The summed E-state index contributed by atoms with van der Waals surface area (Å²) in [7, 11) is 0. The van der Waals surface area contributed by atoms with Crippen LogP contribution in [0.1, 0.15) is 20.8 Å². The van der Waals surface area contributed by atoms with Gasteiger partial charge in [-0.15, -0.1) is 0 Å². The Hall–Kier alpha value is -0.650. The number of carbonyl (C=O) groups excluding carboxylic acids is 1. The molecule has 0 saturated carbocycles. The molecule has 2 aliphatic heterocycles. The zero-order valence-electron chi connectivity index (χ0n) is 8.48. The van der Waals surface area contributed by atoms with Crippen molar-refractivity contribution in [2.45, 2.75) is 45.1 Å². The van der Waals surface area contributed by atoms with Gasteiger partial charge in [0, 0.05) is 6.92 Å². The third-order valence-electron chi connectivity index (χ3n) is 2.20. The summed E-state index contributed by atoms with van der Waals surface area (Å²) in [5.74, 6) is -0.985. The largest absolute Gasteiger partial charge is 0.433 e. The second-order valence-electron chi connectivity index (χ2n) is 3.95. The summed E-state index contributed by atoms with van der Waals surface area (Å²) in [6, 6.07) is 0. The number of hydrogen-bond acceptors (Lipinski definition) is 5. The molecule has 0 aliphatic carbocycles. The minimum absolute atomic E-state index is 0.130. The van der Waals surface area contributed by atoms with Gasteiger partial charge in [-0.2, -0.15) is 0 Å². The molecule has 5 nitrogen and oxygen atoms in total. The smallest absolute Gasteiger partial charge is 0.305 e. The van der Waals surface area contributed by atoms with Crippen LogP contribution in [0.5, 0.6) is 0 Å². The zero-order valence-corrected chi connectivity index (χ0v) is 8.48. The van der Waals surface area contributed by atoms with Gasteiger partial charge in [-0.1, -0.05) is 0 Å². The first-order valence-electron chi connectivity index (χ1n) is 4.62. The van der Waals surface area contributed by atoms with Gasteiger partial charge in [0.2, 0.25) is 6.29 Å². The van der Waals surface area contributed by atoms with Crippen LogP contribution < -0.4 is 0 Å². The summed E-state index contributed by atoms with van der Waals surface area (Å²) in [6.07, 6.45) is -1.05. The molecule has 0 radical (unpaired) electrons. The van der Waals surface area contributed by atoms with E-state index in [-0.39, 0.29) is 18.2 Å². The van der Waals surface area contributed by atoms with Crippen LogP contribution in [0.15, 0.2) is 0 Å². The predicted molar refractivity (Wildman–Crippen MR) is 45.3 cm³/mol. The van der Waals surface area contributed by atoms with Crippen LogP contribution >= 0.6 is 0 Å². The highest BCUT2D eigenvalue weighted by Gasteiger charge is 2.51. The topological polar surface area (TPSA) is 54.0 Å². The molecule has 14 heavy (non-hydrogen) atoms. The third kappa shape index (κ3) is 1.75. The Morgan fingerprint density at radius 1 is 1.43 bits per heavy atom. The summed E-state index contributed by atoms with van der Waals surface area (Å²) < 4.78 is 21.3. The Bertz CT molecular complexity index is 250. The van der Waals surface area contributed by atoms with Gasteiger partial charge in [0.1, 0.15) is 6.10 Å². The van der Waals surface area contributed by atoms with Crippen molar-refractivity contribution in [1.82, 2.24) is 0 Å². The maximum Gasteiger partial charge on any atom is 0.305 e. The molecule has 2 aliphatic rings. The summed E-state index contributed by atoms with van der Waals surface area (Å²) in [5, 5.41) is 0. The van der Waals surface area contributed by atoms with Crippen molar-refractivity contribution >= 4 is 5.97 Å². The van der Waals surface area contributed by atoms with E-state index < -0.39 is 12.1 Å². The summed E-state index contributed by atoms with van der Waals surface area (Å²) in [6.45, 7) is 5.41. The highest BCUT2D eigenvalue weighted by atomic mass is 16.8. The second-order valence-corrected chi connectivity index (χ2v) is 3.95. The van der Waals surface area contributed by atoms with E-state index in [0.717, 1.165) is 0 Å².